The quantitative estimate of drug-likeness (QED) is 0.692. The molecule has 0 nitrogen and oxygen atoms in total. The van der Waals surface area contributed by atoms with Crippen molar-refractivity contribution in [2.24, 2.45) is 0 Å². The molecule has 5 heteroatoms. The molecule has 0 rings (SSSR count). The molecule has 0 saturated heterocycles. The zero-order chi connectivity index (χ0) is 9.07. The highest BCUT2D eigenvalue weighted by atomic mass is 79.9. The minimum atomic E-state index is -4.11. The zero-order valence-electron chi connectivity index (χ0n) is 6.28. The Kier molecular flexibility index (Phi) is 4.86. The fourth-order valence-electron chi connectivity index (χ4n) is 0.371. The molecule has 0 aromatic heterocycles. The third kappa shape index (κ3) is 5.84. The predicted octanol–water partition coefficient (Wildman–Crippen LogP) is 3.45. The van der Waals surface area contributed by atoms with Gasteiger partial charge >= 0.3 is 6.18 Å². The van der Waals surface area contributed by atoms with Gasteiger partial charge in [-0.2, -0.15) is 24.9 Å². The largest absolute Gasteiger partial charge is 0.402 e. The first-order valence-electron chi connectivity index (χ1n) is 3.16. The molecule has 11 heavy (non-hydrogen) atoms. The van der Waals surface area contributed by atoms with Crippen LogP contribution in [0.25, 0.3) is 0 Å². The zero-order valence-corrected chi connectivity index (χ0v) is 8.68. The molecule has 1 unspecified atom stereocenters. The molecule has 68 valence electrons. The summed E-state index contributed by atoms with van der Waals surface area (Å²) in [5.41, 5.74) is 0. The van der Waals surface area contributed by atoms with E-state index in [-0.39, 0.29) is 11.0 Å². The van der Waals surface area contributed by atoms with Crippen LogP contribution < -0.4 is 0 Å². The molecule has 0 heterocycles. The number of alkyl halides is 4. The van der Waals surface area contributed by atoms with Gasteiger partial charge in [0.2, 0.25) is 0 Å². The van der Waals surface area contributed by atoms with Crippen LogP contribution in [0.15, 0.2) is 0 Å². The summed E-state index contributed by atoms with van der Waals surface area (Å²) >= 11 is 3.88. The van der Waals surface area contributed by atoms with E-state index in [1.165, 1.54) is 11.8 Å². The third-order valence-electron chi connectivity index (χ3n) is 0.931. The SMILES string of the molecule is CC(C)SCC(Br)C(F)(F)F. The lowest BCUT2D eigenvalue weighted by molar-refractivity contribution is -0.122. The molecule has 0 N–H and O–H groups in total. The van der Waals surface area contributed by atoms with E-state index in [4.69, 9.17) is 0 Å². The van der Waals surface area contributed by atoms with Gasteiger partial charge in [-0.3, -0.25) is 0 Å². The van der Waals surface area contributed by atoms with Crippen LogP contribution in [0.1, 0.15) is 13.8 Å². The Bertz CT molecular complexity index is 113. The third-order valence-corrected chi connectivity index (χ3v) is 3.39. The number of rotatable bonds is 3. The van der Waals surface area contributed by atoms with Crippen molar-refractivity contribution in [2.75, 3.05) is 5.75 Å². The molecular formula is C6H10BrF3S. The van der Waals surface area contributed by atoms with Crippen molar-refractivity contribution < 1.29 is 13.2 Å². The summed E-state index contributed by atoms with van der Waals surface area (Å²) < 4.78 is 35.5. The Labute approximate surface area is 77.1 Å². The van der Waals surface area contributed by atoms with Crippen molar-refractivity contribution >= 4 is 27.7 Å². The highest BCUT2D eigenvalue weighted by Crippen LogP contribution is 2.29. The lowest BCUT2D eigenvalue weighted by Gasteiger charge is -2.14. The Hall–Kier alpha value is 0.620. The van der Waals surface area contributed by atoms with E-state index in [0.29, 0.717) is 0 Å². The van der Waals surface area contributed by atoms with Crippen molar-refractivity contribution in [1.29, 1.82) is 0 Å². The Balaban J connectivity index is 3.61. The number of halogens is 4. The molecule has 0 aromatic rings. The molecule has 0 fully saturated rings. The van der Waals surface area contributed by atoms with Crippen LogP contribution in [-0.4, -0.2) is 22.0 Å². The van der Waals surface area contributed by atoms with Gasteiger partial charge in [0, 0.05) is 5.75 Å². The molecule has 0 saturated carbocycles. The second-order valence-electron chi connectivity index (χ2n) is 2.39. The summed E-state index contributed by atoms with van der Waals surface area (Å²) in [6.07, 6.45) is -4.11. The highest BCUT2D eigenvalue weighted by molar-refractivity contribution is 9.09. The van der Waals surface area contributed by atoms with Crippen molar-refractivity contribution in [1.82, 2.24) is 0 Å². The lowest BCUT2D eigenvalue weighted by Crippen LogP contribution is -2.25. The molecule has 0 radical (unpaired) electrons. The average molecular weight is 251 g/mol. The van der Waals surface area contributed by atoms with E-state index in [0.717, 1.165) is 0 Å². The Morgan fingerprint density at radius 3 is 2.09 bits per heavy atom. The second-order valence-corrected chi connectivity index (χ2v) is 5.11. The molecule has 1 atom stereocenters. The summed E-state index contributed by atoms with van der Waals surface area (Å²) in [7, 11) is 0. The van der Waals surface area contributed by atoms with E-state index in [9.17, 15) is 13.2 Å². The van der Waals surface area contributed by atoms with Gasteiger partial charge in [-0.05, 0) is 5.25 Å². The maximum atomic E-state index is 11.8. The fourth-order valence-corrected chi connectivity index (χ4v) is 1.57. The topological polar surface area (TPSA) is 0 Å². The average Bonchev–Trinajstić information content (AvgIpc) is 1.80. The highest BCUT2D eigenvalue weighted by Gasteiger charge is 2.37. The monoisotopic (exact) mass is 250 g/mol. The van der Waals surface area contributed by atoms with Gasteiger partial charge in [-0.25, -0.2) is 0 Å². The van der Waals surface area contributed by atoms with Gasteiger partial charge < -0.3 is 0 Å². The Morgan fingerprint density at radius 1 is 1.36 bits per heavy atom. The molecule has 0 aliphatic rings. The van der Waals surface area contributed by atoms with Gasteiger partial charge in [0.1, 0.15) is 4.83 Å². The van der Waals surface area contributed by atoms with Crippen molar-refractivity contribution in [3.8, 4) is 0 Å². The standard InChI is InChI=1S/C6H10BrF3S/c1-4(2)11-3-5(7)6(8,9)10/h4-5H,3H2,1-2H3. The van der Waals surface area contributed by atoms with Crippen molar-refractivity contribution in [2.45, 2.75) is 30.1 Å². The normalized spacial score (nSPS) is 15.5. The van der Waals surface area contributed by atoms with E-state index < -0.39 is 11.0 Å². The fraction of sp³-hybridized carbons (Fsp3) is 1.00. The van der Waals surface area contributed by atoms with E-state index >= 15 is 0 Å². The summed E-state index contributed by atoms with van der Waals surface area (Å²) in [6, 6.07) is 0. The summed E-state index contributed by atoms with van der Waals surface area (Å²) in [4.78, 5) is -1.37. The van der Waals surface area contributed by atoms with Gasteiger partial charge in [0.25, 0.3) is 0 Å². The van der Waals surface area contributed by atoms with Gasteiger partial charge in [0.05, 0.1) is 0 Å². The molecule has 0 spiro atoms. The number of thioether (sulfide) groups is 1. The summed E-state index contributed by atoms with van der Waals surface area (Å²) in [5, 5.41) is 0.248. The minimum Gasteiger partial charge on any atom is -0.170 e. The van der Waals surface area contributed by atoms with Crippen LogP contribution in [0.5, 0.6) is 0 Å². The number of hydrogen-bond acceptors (Lipinski definition) is 1. The van der Waals surface area contributed by atoms with Gasteiger partial charge in [-0.1, -0.05) is 29.8 Å². The first-order valence-corrected chi connectivity index (χ1v) is 5.13. The van der Waals surface area contributed by atoms with E-state index in [1.54, 1.807) is 0 Å². The van der Waals surface area contributed by atoms with E-state index in [1.807, 2.05) is 13.8 Å². The maximum absolute atomic E-state index is 11.8. The van der Waals surface area contributed by atoms with Crippen LogP contribution in [0.2, 0.25) is 0 Å². The molecule has 0 bridgehead atoms. The minimum absolute atomic E-state index is 0.0845. The van der Waals surface area contributed by atoms with E-state index in [2.05, 4.69) is 15.9 Å². The first kappa shape index (κ1) is 11.6. The summed E-state index contributed by atoms with van der Waals surface area (Å²) in [6.45, 7) is 3.75. The smallest absolute Gasteiger partial charge is 0.170 e. The van der Waals surface area contributed by atoms with Crippen LogP contribution in [0.4, 0.5) is 13.2 Å². The Morgan fingerprint density at radius 2 is 1.82 bits per heavy atom. The number of hydrogen-bond donors (Lipinski definition) is 0. The van der Waals surface area contributed by atoms with Crippen LogP contribution in [0.3, 0.4) is 0 Å². The van der Waals surface area contributed by atoms with Crippen LogP contribution in [0, 0.1) is 0 Å². The first-order chi connectivity index (χ1) is 4.84. The molecular weight excluding hydrogens is 241 g/mol. The van der Waals surface area contributed by atoms with Gasteiger partial charge in [0.15, 0.2) is 0 Å². The van der Waals surface area contributed by atoms with Crippen molar-refractivity contribution in [3.63, 3.8) is 0 Å². The molecule has 0 aliphatic carbocycles. The molecule has 0 aromatic carbocycles. The second kappa shape index (κ2) is 4.60. The van der Waals surface area contributed by atoms with Gasteiger partial charge in [-0.15, -0.1) is 0 Å². The maximum Gasteiger partial charge on any atom is 0.402 e. The van der Waals surface area contributed by atoms with Crippen molar-refractivity contribution in [3.05, 3.63) is 0 Å². The predicted molar refractivity (Wildman–Crippen MR) is 46.4 cm³/mol. The molecule has 0 aliphatic heterocycles. The van der Waals surface area contributed by atoms with Crippen LogP contribution >= 0.6 is 27.7 Å². The summed E-state index contributed by atoms with van der Waals surface area (Å²) in [5.74, 6) is 0.0845. The van der Waals surface area contributed by atoms with Crippen LogP contribution in [-0.2, 0) is 0 Å². The lowest BCUT2D eigenvalue weighted by atomic mass is 10.5. The molecule has 0 amide bonds.